The third kappa shape index (κ3) is 3.42. The van der Waals surface area contributed by atoms with Gasteiger partial charge in [0.15, 0.2) is 0 Å². The zero-order valence-electron chi connectivity index (χ0n) is 12.4. The molecule has 0 aliphatic carbocycles. The van der Waals surface area contributed by atoms with Crippen molar-refractivity contribution in [3.63, 3.8) is 0 Å². The standard InChI is InChI=1S/C15H22N2O3/c1-12(18)17-8-6-16(7-9-17)11-13-10-14(19-2)4-5-15(13)20-3/h4-5,10H,6-9,11H2,1-3H3. The zero-order valence-corrected chi connectivity index (χ0v) is 12.4. The van der Waals surface area contributed by atoms with Gasteiger partial charge in [-0.3, -0.25) is 9.69 Å². The third-order valence-electron chi connectivity index (χ3n) is 3.70. The lowest BCUT2D eigenvalue weighted by Crippen LogP contribution is -2.47. The number of nitrogens with zero attached hydrogens (tertiary/aromatic N) is 2. The molecule has 0 radical (unpaired) electrons. The Balaban J connectivity index is 2.01. The summed E-state index contributed by atoms with van der Waals surface area (Å²) in [6, 6.07) is 5.84. The molecule has 1 fully saturated rings. The first-order valence-corrected chi connectivity index (χ1v) is 6.83. The lowest BCUT2D eigenvalue weighted by molar-refractivity contribution is -0.130. The summed E-state index contributed by atoms with van der Waals surface area (Å²) in [5.74, 6) is 1.87. The van der Waals surface area contributed by atoms with Gasteiger partial charge in [-0.1, -0.05) is 0 Å². The zero-order chi connectivity index (χ0) is 14.5. The van der Waals surface area contributed by atoms with Crippen LogP contribution in [0.4, 0.5) is 0 Å². The molecule has 1 amide bonds. The molecule has 1 aliphatic heterocycles. The summed E-state index contributed by atoms with van der Waals surface area (Å²) in [7, 11) is 3.34. The van der Waals surface area contributed by atoms with Crippen LogP contribution >= 0.6 is 0 Å². The van der Waals surface area contributed by atoms with E-state index in [0.717, 1.165) is 49.8 Å². The molecule has 0 bridgehead atoms. The molecule has 5 nitrogen and oxygen atoms in total. The molecule has 0 atom stereocenters. The van der Waals surface area contributed by atoms with Crippen molar-refractivity contribution in [3.05, 3.63) is 23.8 Å². The Hall–Kier alpha value is -1.75. The van der Waals surface area contributed by atoms with Crippen molar-refractivity contribution in [2.45, 2.75) is 13.5 Å². The van der Waals surface area contributed by atoms with Gasteiger partial charge in [0.2, 0.25) is 5.91 Å². The van der Waals surface area contributed by atoms with Gasteiger partial charge in [-0.05, 0) is 18.2 Å². The number of benzene rings is 1. The number of amides is 1. The van der Waals surface area contributed by atoms with Crippen LogP contribution in [0.15, 0.2) is 18.2 Å². The van der Waals surface area contributed by atoms with Gasteiger partial charge >= 0.3 is 0 Å². The van der Waals surface area contributed by atoms with Crippen molar-refractivity contribution in [3.8, 4) is 11.5 Å². The van der Waals surface area contributed by atoms with E-state index in [0.29, 0.717) is 0 Å². The molecule has 0 unspecified atom stereocenters. The summed E-state index contributed by atoms with van der Waals surface area (Å²) in [5.41, 5.74) is 1.11. The summed E-state index contributed by atoms with van der Waals surface area (Å²) in [6.07, 6.45) is 0. The summed E-state index contributed by atoms with van der Waals surface area (Å²) >= 11 is 0. The second-order valence-electron chi connectivity index (χ2n) is 4.96. The number of piperazine rings is 1. The maximum absolute atomic E-state index is 11.3. The number of ether oxygens (including phenoxy) is 2. The monoisotopic (exact) mass is 278 g/mol. The number of carbonyl (C=O) groups excluding carboxylic acids is 1. The van der Waals surface area contributed by atoms with Crippen LogP contribution in [0.2, 0.25) is 0 Å². The summed E-state index contributed by atoms with van der Waals surface area (Å²) in [4.78, 5) is 15.5. The van der Waals surface area contributed by atoms with E-state index in [1.165, 1.54) is 0 Å². The minimum Gasteiger partial charge on any atom is -0.497 e. The molecule has 5 heteroatoms. The Kier molecular flexibility index (Phi) is 4.84. The molecule has 1 aromatic rings. The molecule has 0 spiro atoms. The van der Waals surface area contributed by atoms with Gasteiger partial charge < -0.3 is 14.4 Å². The number of methoxy groups -OCH3 is 2. The maximum atomic E-state index is 11.3. The van der Waals surface area contributed by atoms with E-state index in [1.807, 2.05) is 23.1 Å². The van der Waals surface area contributed by atoms with Crippen molar-refractivity contribution in [1.29, 1.82) is 0 Å². The Bertz CT molecular complexity index is 468. The molecule has 0 aromatic heterocycles. The predicted molar refractivity (Wildman–Crippen MR) is 77.1 cm³/mol. The van der Waals surface area contributed by atoms with Crippen LogP contribution in [0, 0.1) is 0 Å². The van der Waals surface area contributed by atoms with Crippen molar-refractivity contribution in [1.82, 2.24) is 9.80 Å². The van der Waals surface area contributed by atoms with Crippen LogP contribution < -0.4 is 9.47 Å². The van der Waals surface area contributed by atoms with Crippen molar-refractivity contribution in [2.24, 2.45) is 0 Å². The molecule has 1 aromatic carbocycles. The smallest absolute Gasteiger partial charge is 0.219 e. The first-order chi connectivity index (χ1) is 9.63. The lowest BCUT2D eigenvalue weighted by atomic mass is 10.1. The Morgan fingerprint density at radius 2 is 1.85 bits per heavy atom. The van der Waals surface area contributed by atoms with E-state index in [9.17, 15) is 4.79 Å². The minimum atomic E-state index is 0.156. The highest BCUT2D eigenvalue weighted by Gasteiger charge is 2.19. The van der Waals surface area contributed by atoms with Gasteiger partial charge in [-0.15, -0.1) is 0 Å². The summed E-state index contributed by atoms with van der Waals surface area (Å²) < 4.78 is 10.7. The number of hydrogen-bond donors (Lipinski definition) is 0. The van der Waals surface area contributed by atoms with Gasteiger partial charge in [-0.25, -0.2) is 0 Å². The predicted octanol–water partition coefficient (Wildman–Crippen LogP) is 1.37. The van der Waals surface area contributed by atoms with Crippen LogP contribution in [-0.4, -0.2) is 56.1 Å². The minimum absolute atomic E-state index is 0.156. The molecule has 1 aliphatic rings. The topological polar surface area (TPSA) is 42.0 Å². The van der Waals surface area contributed by atoms with Gasteiger partial charge in [0.1, 0.15) is 11.5 Å². The van der Waals surface area contributed by atoms with E-state index in [2.05, 4.69) is 4.90 Å². The highest BCUT2D eigenvalue weighted by atomic mass is 16.5. The van der Waals surface area contributed by atoms with Crippen molar-refractivity contribution in [2.75, 3.05) is 40.4 Å². The Labute approximate surface area is 120 Å². The normalized spacial score (nSPS) is 16.1. The molecular weight excluding hydrogens is 256 g/mol. The molecule has 110 valence electrons. The maximum Gasteiger partial charge on any atom is 0.219 e. The fourth-order valence-electron chi connectivity index (χ4n) is 2.47. The number of rotatable bonds is 4. The van der Waals surface area contributed by atoms with Gasteiger partial charge in [0, 0.05) is 45.2 Å². The van der Waals surface area contributed by atoms with E-state index >= 15 is 0 Å². The lowest BCUT2D eigenvalue weighted by Gasteiger charge is -2.34. The van der Waals surface area contributed by atoms with Crippen molar-refractivity contribution < 1.29 is 14.3 Å². The fourth-order valence-corrected chi connectivity index (χ4v) is 2.47. The first kappa shape index (κ1) is 14.7. The molecule has 1 saturated heterocycles. The van der Waals surface area contributed by atoms with E-state index in [-0.39, 0.29) is 5.91 Å². The second-order valence-corrected chi connectivity index (χ2v) is 4.96. The largest absolute Gasteiger partial charge is 0.497 e. The summed E-state index contributed by atoms with van der Waals surface area (Å²) in [5, 5.41) is 0. The first-order valence-electron chi connectivity index (χ1n) is 6.83. The molecular formula is C15H22N2O3. The molecule has 2 rings (SSSR count). The van der Waals surface area contributed by atoms with Gasteiger partial charge in [-0.2, -0.15) is 0 Å². The van der Waals surface area contributed by atoms with Crippen LogP contribution in [0.5, 0.6) is 11.5 Å². The summed E-state index contributed by atoms with van der Waals surface area (Å²) in [6.45, 7) is 5.80. The van der Waals surface area contributed by atoms with E-state index in [1.54, 1.807) is 21.1 Å². The SMILES string of the molecule is COc1ccc(OC)c(CN2CCN(C(C)=O)CC2)c1. The van der Waals surface area contributed by atoms with Gasteiger partial charge in [0.05, 0.1) is 14.2 Å². The average molecular weight is 278 g/mol. The number of carbonyl (C=O) groups is 1. The molecule has 0 saturated carbocycles. The van der Waals surface area contributed by atoms with Crippen molar-refractivity contribution >= 4 is 5.91 Å². The Morgan fingerprint density at radius 3 is 2.40 bits per heavy atom. The van der Waals surface area contributed by atoms with Crippen LogP contribution in [0.25, 0.3) is 0 Å². The van der Waals surface area contributed by atoms with E-state index in [4.69, 9.17) is 9.47 Å². The van der Waals surface area contributed by atoms with Crippen LogP contribution in [0.1, 0.15) is 12.5 Å². The molecule has 1 heterocycles. The average Bonchev–Trinajstić information content (AvgIpc) is 2.47. The molecule has 20 heavy (non-hydrogen) atoms. The highest BCUT2D eigenvalue weighted by Crippen LogP contribution is 2.25. The van der Waals surface area contributed by atoms with Gasteiger partial charge in [0.25, 0.3) is 0 Å². The Morgan fingerprint density at radius 1 is 1.15 bits per heavy atom. The van der Waals surface area contributed by atoms with Crippen LogP contribution in [0.3, 0.4) is 0 Å². The number of hydrogen-bond acceptors (Lipinski definition) is 4. The molecule has 0 N–H and O–H groups in total. The fraction of sp³-hybridized carbons (Fsp3) is 0.533. The quantitative estimate of drug-likeness (QED) is 0.834. The highest BCUT2D eigenvalue weighted by molar-refractivity contribution is 5.73. The second kappa shape index (κ2) is 6.61. The third-order valence-corrected chi connectivity index (χ3v) is 3.70. The van der Waals surface area contributed by atoms with E-state index < -0.39 is 0 Å². The van der Waals surface area contributed by atoms with Crippen LogP contribution in [-0.2, 0) is 11.3 Å².